The summed E-state index contributed by atoms with van der Waals surface area (Å²) >= 11 is -3.51. The monoisotopic (exact) mass is 508 g/mol. The fourth-order valence-corrected chi connectivity index (χ4v) is 14.4. The maximum absolute atomic E-state index is 7.21. The summed E-state index contributed by atoms with van der Waals surface area (Å²) in [7, 11) is 14.4. The number of halogens is 2. The molecule has 0 spiro atoms. The molecule has 0 amide bonds. The molecule has 2 aliphatic rings. The molecule has 150 valence electrons. The van der Waals surface area contributed by atoms with Gasteiger partial charge in [0.1, 0.15) is 0 Å². The van der Waals surface area contributed by atoms with Crippen LogP contribution in [0.1, 0.15) is 52.1 Å². The van der Waals surface area contributed by atoms with Gasteiger partial charge in [-0.1, -0.05) is 0 Å². The zero-order valence-electron chi connectivity index (χ0n) is 17.0. The van der Waals surface area contributed by atoms with Crippen LogP contribution in [-0.2, 0) is 24.3 Å². The van der Waals surface area contributed by atoms with Gasteiger partial charge in [0.25, 0.3) is 0 Å². The van der Waals surface area contributed by atoms with Crippen LogP contribution in [0, 0.1) is 0 Å². The Balaban J connectivity index is 1.45. The van der Waals surface area contributed by atoms with E-state index in [0.717, 1.165) is 10.5 Å². The molecule has 2 atom stereocenters. The standard InChI is InChI=1S/C17H15.C10H9.2ClH.Zr/c1-2-13-6-5-8-15(12-13)17-11-10-14-7-3-4-9-16(14)17;1-8-6-7-9-4-2-3-5-10(8)9;;;/h3-5,7-12,17H,2H2,1H3;2-8H,1H2;2*1H;/q;;;;+2/p-2. The van der Waals surface area contributed by atoms with Crippen molar-refractivity contribution >= 4 is 32.4 Å². The van der Waals surface area contributed by atoms with Crippen molar-refractivity contribution in [2.75, 3.05) is 0 Å². The summed E-state index contributed by atoms with van der Waals surface area (Å²) in [5.74, 6) is 0.654. The van der Waals surface area contributed by atoms with Gasteiger partial charge in [-0.05, 0) is 0 Å². The quantitative estimate of drug-likeness (QED) is 0.330. The Morgan fingerprint density at radius 2 is 1.47 bits per heavy atom. The summed E-state index contributed by atoms with van der Waals surface area (Å²) in [6, 6.07) is 24.1. The first kappa shape index (κ1) is 20.5. The zero-order valence-corrected chi connectivity index (χ0v) is 21.0. The van der Waals surface area contributed by atoms with Crippen LogP contribution < -0.4 is 3.27 Å². The number of aryl methyl sites for hydroxylation is 1. The second kappa shape index (κ2) is 8.27. The predicted molar refractivity (Wildman–Crippen MR) is 128 cm³/mol. The first-order chi connectivity index (χ1) is 14.6. The molecule has 2 unspecified atom stereocenters. The summed E-state index contributed by atoms with van der Waals surface area (Å²) in [6.45, 7) is 2.21. The first-order valence-corrected chi connectivity index (χ1v) is 19.9. The number of hydrogen-bond acceptors (Lipinski definition) is 0. The van der Waals surface area contributed by atoms with Crippen molar-refractivity contribution in [2.45, 2.75) is 29.3 Å². The molecule has 0 fully saturated rings. The third-order valence-corrected chi connectivity index (χ3v) is 16.2. The van der Waals surface area contributed by atoms with Crippen molar-refractivity contribution < 1.29 is 17.9 Å². The van der Waals surface area contributed by atoms with Crippen LogP contribution in [0.15, 0.2) is 78.9 Å². The van der Waals surface area contributed by atoms with Crippen LogP contribution in [-0.4, -0.2) is 0 Å². The molecule has 0 aliphatic heterocycles. The molecule has 0 radical (unpaired) electrons. The fourth-order valence-electron chi connectivity index (χ4n) is 4.88. The van der Waals surface area contributed by atoms with Gasteiger partial charge in [0.2, 0.25) is 0 Å². The Hall–Kier alpha value is -1.40. The second-order valence-electron chi connectivity index (χ2n) is 8.24. The van der Waals surface area contributed by atoms with E-state index in [1.807, 2.05) is 0 Å². The third-order valence-electron chi connectivity index (χ3n) is 6.44. The molecule has 0 saturated carbocycles. The summed E-state index contributed by atoms with van der Waals surface area (Å²) < 4.78 is 2.12. The summed E-state index contributed by atoms with van der Waals surface area (Å²) in [4.78, 5) is 0. The first-order valence-electron chi connectivity index (χ1n) is 10.6. The maximum atomic E-state index is 7.21. The molecule has 30 heavy (non-hydrogen) atoms. The number of rotatable bonds is 5. The molecule has 0 N–H and O–H groups in total. The topological polar surface area (TPSA) is 0 Å². The Morgan fingerprint density at radius 1 is 0.800 bits per heavy atom. The van der Waals surface area contributed by atoms with Gasteiger partial charge in [0.15, 0.2) is 0 Å². The fraction of sp³-hybridized carbons (Fsp3) is 0.185. The molecule has 3 aromatic carbocycles. The molecule has 5 rings (SSSR count). The van der Waals surface area contributed by atoms with E-state index in [1.54, 1.807) is 0 Å². The van der Waals surface area contributed by atoms with E-state index >= 15 is 0 Å². The molecular formula is C27H24Cl2Zr. The van der Waals surface area contributed by atoms with Gasteiger partial charge >= 0.3 is 192 Å². The van der Waals surface area contributed by atoms with Crippen molar-refractivity contribution in [3.05, 3.63) is 112 Å². The van der Waals surface area contributed by atoms with Gasteiger partial charge < -0.3 is 0 Å². The minimum absolute atomic E-state index is 0.320. The Bertz CT molecular complexity index is 1160. The molecule has 0 aromatic heterocycles. The number of hydrogen-bond donors (Lipinski definition) is 0. The van der Waals surface area contributed by atoms with Gasteiger partial charge in [-0.25, -0.2) is 0 Å². The Morgan fingerprint density at radius 3 is 2.23 bits per heavy atom. The van der Waals surface area contributed by atoms with Crippen molar-refractivity contribution in [3.8, 4) is 0 Å². The molecule has 0 heterocycles. The molecule has 3 heteroatoms. The number of benzene rings is 3. The Labute approximate surface area is 190 Å². The number of fused-ring (bicyclic) bond motifs is 2. The zero-order chi connectivity index (χ0) is 20.7. The number of allylic oxidation sites excluding steroid dienone is 2. The summed E-state index contributed by atoms with van der Waals surface area (Å²) in [5.41, 5.74) is 8.02. The summed E-state index contributed by atoms with van der Waals surface area (Å²) in [6.07, 6.45) is 9.98. The molecule has 0 saturated heterocycles. The van der Waals surface area contributed by atoms with E-state index in [0.29, 0.717) is 11.8 Å². The van der Waals surface area contributed by atoms with Crippen molar-refractivity contribution in [1.29, 1.82) is 0 Å². The van der Waals surface area contributed by atoms with Gasteiger partial charge in [-0.15, -0.1) is 0 Å². The molecular weight excluding hydrogens is 486 g/mol. The average Bonchev–Trinajstić information content (AvgIpc) is 3.37. The molecule has 3 aromatic rings. The van der Waals surface area contributed by atoms with Crippen molar-refractivity contribution in [2.24, 2.45) is 0 Å². The van der Waals surface area contributed by atoms with Gasteiger partial charge in [0.05, 0.1) is 0 Å². The van der Waals surface area contributed by atoms with E-state index in [9.17, 15) is 0 Å². The second-order valence-corrected chi connectivity index (χ2v) is 22.8. The van der Waals surface area contributed by atoms with E-state index in [-0.39, 0.29) is 0 Å². The van der Waals surface area contributed by atoms with Gasteiger partial charge in [0, 0.05) is 0 Å². The predicted octanol–water partition coefficient (Wildman–Crippen LogP) is 7.72. The summed E-state index contributed by atoms with van der Waals surface area (Å²) in [5, 5.41) is 0. The average molecular weight is 511 g/mol. The van der Waals surface area contributed by atoms with Crippen LogP contribution in [0.5, 0.6) is 0 Å². The third kappa shape index (κ3) is 3.71. The molecule has 2 aliphatic carbocycles. The van der Waals surface area contributed by atoms with Crippen LogP contribution in [0.3, 0.4) is 0 Å². The molecule has 0 bridgehead atoms. The molecule has 0 nitrogen and oxygen atoms in total. The van der Waals surface area contributed by atoms with E-state index in [2.05, 4.69) is 98.0 Å². The Kier molecular flexibility index (Phi) is 5.65. The van der Waals surface area contributed by atoms with Crippen molar-refractivity contribution in [1.82, 2.24) is 0 Å². The van der Waals surface area contributed by atoms with Gasteiger partial charge in [-0.2, -0.15) is 0 Å². The SMILES string of the molecule is CCc1cc(C2C=Cc3ccccc32)cc[c]1[Zr]([Cl])([Cl])[CH2]C1C=Cc2ccccc21. The van der Waals surface area contributed by atoms with Crippen molar-refractivity contribution in [3.63, 3.8) is 0 Å². The van der Waals surface area contributed by atoms with E-state index in [1.165, 1.54) is 36.7 Å². The van der Waals surface area contributed by atoms with E-state index in [4.69, 9.17) is 17.0 Å². The normalized spacial score (nSPS) is 19.2. The van der Waals surface area contributed by atoms with Crippen LogP contribution in [0.4, 0.5) is 0 Å². The minimum atomic E-state index is -3.51. The van der Waals surface area contributed by atoms with Gasteiger partial charge in [-0.3, -0.25) is 0 Å². The van der Waals surface area contributed by atoms with Crippen LogP contribution in [0.25, 0.3) is 12.2 Å². The van der Waals surface area contributed by atoms with E-state index < -0.39 is 17.9 Å². The van der Waals surface area contributed by atoms with Crippen LogP contribution in [0.2, 0.25) is 4.13 Å². The van der Waals surface area contributed by atoms with Crippen LogP contribution >= 0.6 is 17.0 Å².